The first-order chi connectivity index (χ1) is 13.5. The highest BCUT2D eigenvalue weighted by molar-refractivity contribution is 5.98. The van der Waals surface area contributed by atoms with Gasteiger partial charge in [-0.05, 0) is 29.8 Å². The number of methoxy groups -OCH3 is 2. The third-order valence-electron chi connectivity index (χ3n) is 3.73. The maximum absolute atomic E-state index is 12.1. The van der Waals surface area contributed by atoms with E-state index in [-0.39, 0.29) is 13.1 Å². The van der Waals surface area contributed by atoms with Crippen LogP contribution in [0.2, 0.25) is 0 Å². The fourth-order valence-electron chi connectivity index (χ4n) is 2.31. The second-order valence-electron chi connectivity index (χ2n) is 5.67. The average Bonchev–Trinajstić information content (AvgIpc) is 2.74. The normalized spacial score (nSPS) is 9.93. The Balaban J connectivity index is 1.71. The molecule has 0 spiro atoms. The van der Waals surface area contributed by atoms with Gasteiger partial charge in [0.1, 0.15) is 18.0 Å². The van der Waals surface area contributed by atoms with Crippen LogP contribution < -0.4 is 20.1 Å². The van der Waals surface area contributed by atoms with Gasteiger partial charge in [0.25, 0.3) is 11.8 Å². The molecule has 0 aromatic heterocycles. The lowest BCUT2D eigenvalue weighted by atomic mass is 10.2. The Morgan fingerprint density at radius 3 is 2.46 bits per heavy atom. The second kappa shape index (κ2) is 10.6. The minimum atomic E-state index is -0.722. The smallest absolute Gasteiger partial charge is 0.325 e. The van der Waals surface area contributed by atoms with Crippen molar-refractivity contribution in [1.82, 2.24) is 10.6 Å². The standard InChI is InChI=1S/C20H22N2O6/c1-26-15-7-5-6-14(10-15)11-21-18(23)13-28-19(24)12-22-20(25)16-8-3-4-9-17(16)27-2/h3-10H,11-13H2,1-2H3,(H,21,23)(H,22,25). The molecule has 0 aliphatic rings. The molecule has 28 heavy (non-hydrogen) atoms. The fourth-order valence-corrected chi connectivity index (χ4v) is 2.31. The number of nitrogens with one attached hydrogen (secondary N) is 2. The molecular weight excluding hydrogens is 364 g/mol. The zero-order chi connectivity index (χ0) is 20.4. The number of ether oxygens (including phenoxy) is 3. The van der Waals surface area contributed by atoms with E-state index >= 15 is 0 Å². The number of esters is 1. The zero-order valence-electron chi connectivity index (χ0n) is 15.7. The van der Waals surface area contributed by atoms with Gasteiger partial charge in [0.2, 0.25) is 0 Å². The largest absolute Gasteiger partial charge is 0.497 e. The number of carbonyl (C=O) groups is 3. The lowest BCUT2D eigenvalue weighted by Gasteiger charge is -2.10. The van der Waals surface area contributed by atoms with Gasteiger partial charge < -0.3 is 24.8 Å². The fraction of sp³-hybridized carbons (Fsp3) is 0.250. The molecular formula is C20H22N2O6. The molecule has 2 amide bonds. The van der Waals surface area contributed by atoms with Crippen molar-refractivity contribution >= 4 is 17.8 Å². The van der Waals surface area contributed by atoms with E-state index < -0.39 is 24.4 Å². The first kappa shape index (κ1) is 20.8. The Morgan fingerprint density at radius 1 is 0.929 bits per heavy atom. The minimum Gasteiger partial charge on any atom is -0.497 e. The Kier molecular flexibility index (Phi) is 7.83. The SMILES string of the molecule is COc1cccc(CNC(=O)COC(=O)CNC(=O)c2ccccc2OC)c1. The molecule has 2 rings (SSSR count). The van der Waals surface area contributed by atoms with Crippen LogP contribution in [0.15, 0.2) is 48.5 Å². The Bertz CT molecular complexity index is 837. The summed E-state index contributed by atoms with van der Waals surface area (Å²) < 4.78 is 15.1. The third-order valence-corrected chi connectivity index (χ3v) is 3.73. The third kappa shape index (κ3) is 6.31. The van der Waals surface area contributed by atoms with Gasteiger partial charge in [-0.2, -0.15) is 0 Å². The summed E-state index contributed by atoms with van der Waals surface area (Å²) in [4.78, 5) is 35.6. The summed E-state index contributed by atoms with van der Waals surface area (Å²) >= 11 is 0. The van der Waals surface area contributed by atoms with E-state index in [1.54, 1.807) is 43.5 Å². The highest BCUT2D eigenvalue weighted by atomic mass is 16.5. The van der Waals surface area contributed by atoms with Gasteiger partial charge in [0.15, 0.2) is 6.61 Å². The number of hydrogen-bond donors (Lipinski definition) is 2. The van der Waals surface area contributed by atoms with E-state index in [0.717, 1.165) is 5.56 Å². The summed E-state index contributed by atoms with van der Waals surface area (Å²) in [5.41, 5.74) is 1.15. The summed E-state index contributed by atoms with van der Waals surface area (Å²) in [6.45, 7) is -0.522. The molecule has 0 saturated heterocycles. The van der Waals surface area contributed by atoms with Gasteiger partial charge in [0.05, 0.1) is 19.8 Å². The summed E-state index contributed by atoms with van der Waals surface area (Å²) in [6, 6.07) is 13.9. The highest BCUT2D eigenvalue weighted by Crippen LogP contribution is 2.16. The molecule has 2 N–H and O–H groups in total. The van der Waals surface area contributed by atoms with E-state index in [1.807, 2.05) is 12.1 Å². The molecule has 0 heterocycles. The maximum Gasteiger partial charge on any atom is 0.325 e. The molecule has 0 saturated carbocycles. The van der Waals surface area contributed by atoms with Crippen molar-refractivity contribution in [2.45, 2.75) is 6.54 Å². The van der Waals surface area contributed by atoms with Gasteiger partial charge in [-0.1, -0.05) is 24.3 Å². The lowest BCUT2D eigenvalue weighted by molar-refractivity contribution is -0.147. The van der Waals surface area contributed by atoms with Crippen molar-refractivity contribution in [2.24, 2.45) is 0 Å². The Labute approximate surface area is 162 Å². The van der Waals surface area contributed by atoms with Crippen LogP contribution in [0.25, 0.3) is 0 Å². The number of amides is 2. The molecule has 0 aliphatic heterocycles. The van der Waals surface area contributed by atoms with Gasteiger partial charge in [-0.25, -0.2) is 0 Å². The van der Waals surface area contributed by atoms with Gasteiger partial charge in [-0.3, -0.25) is 14.4 Å². The minimum absolute atomic E-state index is 0.276. The van der Waals surface area contributed by atoms with Crippen LogP contribution in [0.4, 0.5) is 0 Å². The van der Waals surface area contributed by atoms with E-state index in [0.29, 0.717) is 17.1 Å². The van der Waals surface area contributed by atoms with Crippen LogP contribution in [-0.4, -0.2) is 45.2 Å². The molecule has 0 bridgehead atoms. The number of para-hydroxylation sites is 1. The predicted octanol–water partition coefficient (Wildman–Crippen LogP) is 1.29. The molecule has 0 fully saturated rings. The Hall–Kier alpha value is -3.55. The Morgan fingerprint density at radius 2 is 1.71 bits per heavy atom. The van der Waals surface area contributed by atoms with Crippen molar-refractivity contribution in [3.8, 4) is 11.5 Å². The number of carbonyl (C=O) groups excluding carboxylic acids is 3. The van der Waals surface area contributed by atoms with Crippen molar-refractivity contribution in [3.63, 3.8) is 0 Å². The number of hydrogen-bond acceptors (Lipinski definition) is 6. The van der Waals surface area contributed by atoms with Crippen LogP contribution in [0.5, 0.6) is 11.5 Å². The maximum atomic E-state index is 12.1. The monoisotopic (exact) mass is 386 g/mol. The molecule has 8 nitrogen and oxygen atoms in total. The van der Waals surface area contributed by atoms with Gasteiger partial charge >= 0.3 is 5.97 Å². The highest BCUT2D eigenvalue weighted by Gasteiger charge is 2.14. The quantitative estimate of drug-likeness (QED) is 0.630. The second-order valence-corrected chi connectivity index (χ2v) is 5.67. The van der Waals surface area contributed by atoms with Crippen molar-refractivity contribution in [2.75, 3.05) is 27.4 Å². The molecule has 148 valence electrons. The van der Waals surface area contributed by atoms with E-state index in [2.05, 4.69) is 10.6 Å². The number of rotatable bonds is 9. The first-order valence-corrected chi connectivity index (χ1v) is 8.50. The molecule has 0 atom stereocenters. The zero-order valence-corrected chi connectivity index (χ0v) is 15.7. The first-order valence-electron chi connectivity index (χ1n) is 8.50. The van der Waals surface area contributed by atoms with Crippen LogP contribution in [0, 0.1) is 0 Å². The average molecular weight is 386 g/mol. The summed E-state index contributed by atoms with van der Waals surface area (Å²) in [7, 11) is 3.01. The van der Waals surface area contributed by atoms with Gasteiger partial charge in [0, 0.05) is 6.54 Å². The predicted molar refractivity (Wildman–Crippen MR) is 101 cm³/mol. The van der Waals surface area contributed by atoms with Crippen LogP contribution in [0.3, 0.4) is 0 Å². The van der Waals surface area contributed by atoms with Crippen LogP contribution >= 0.6 is 0 Å². The van der Waals surface area contributed by atoms with Crippen molar-refractivity contribution < 1.29 is 28.6 Å². The van der Waals surface area contributed by atoms with Crippen LogP contribution in [0.1, 0.15) is 15.9 Å². The summed E-state index contributed by atoms with van der Waals surface area (Å²) in [6.07, 6.45) is 0. The van der Waals surface area contributed by atoms with Crippen LogP contribution in [-0.2, 0) is 20.9 Å². The topological polar surface area (TPSA) is 103 Å². The van der Waals surface area contributed by atoms with Crippen molar-refractivity contribution in [1.29, 1.82) is 0 Å². The van der Waals surface area contributed by atoms with E-state index in [1.165, 1.54) is 7.11 Å². The summed E-state index contributed by atoms with van der Waals surface area (Å²) in [5, 5.41) is 5.06. The van der Waals surface area contributed by atoms with E-state index in [9.17, 15) is 14.4 Å². The molecule has 2 aromatic rings. The molecule has 8 heteroatoms. The number of benzene rings is 2. The molecule has 2 aromatic carbocycles. The molecule has 0 unspecified atom stereocenters. The van der Waals surface area contributed by atoms with Gasteiger partial charge in [-0.15, -0.1) is 0 Å². The lowest BCUT2D eigenvalue weighted by Crippen LogP contribution is -2.33. The van der Waals surface area contributed by atoms with E-state index in [4.69, 9.17) is 14.2 Å². The molecule has 0 radical (unpaired) electrons. The summed E-state index contributed by atoms with van der Waals surface area (Å²) in [5.74, 6) is -0.571. The molecule has 0 aliphatic carbocycles. The van der Waals surface area contributed by atoms with Crippen molar-refractivity contribution in [3.05, 3.63) is 59.7 Å².